The number of benzene rings is 1. The van der Waals surface area contributed by atoms with Gasteiger partial charge >= 0.3 is 0 Å². The number of hydrogen-bond acceptors (Lipinski definition) is 3. The first-order chi connectivity index (χ1) is 7.63. The summed E-state index contributed by atoms with van der Waals surface area (Å²) < 4.78 is 11.5. The zero-order chi connectivity index (χ0) is 12.1. The molecule has 3 nitrogen and oxygen atoms in total. The molecule has 0 aromatic heterocycles. The van der Waals surface area contributed by atoms with Crippen LogP contribution in [-0.4, -0.2) is 20.8 Å². The first-order valence-corrected chi connectivity index (χ1v) is 6.04. The standard InChI is InChI=1S/C12H18BrNO2/c1-8(4-5-14)9-6-10(13)12(16-3)7-11(9)15-2/h6-8H,4-5,14H2,1-3H3. The van der Waals surface area contributed by atoms with Crippen molar-refractivity contribution in [2.24, 2.45) is 5.73 Å². The van der Waals surface area contributed by atoms with Crippen LogP contribution in [0.15, 0.2) is 16.6 Å². The van der Waals surface area contributed by atoms with Gasteiger partial charge in [0.15, 0.2) is 0 Å². The van der Waals surface area contributed by atoms with Crippen molar-refractivity contribution < 1.29 is 9.47 Å². The molecule has 0 bridgehead atoms. The highest BCUT2D eigenvalue weighted by molar-refractivity contribution is 9.10. The van der Waals surface area contributed by atoms with Gasteiger partial charge in [0.05, 0.1) is 18.7 Å². The number of methoxy groups -OCH3 is 2. The van der Waals surface area contributed by atoms with Crippen molar-refractivity contribution in [3.63, 3.8) is 0 Å². The first-order valence-electron chi connectivity index (χ1n) is 5.25. The van der Waals surface area contributed by atoms with Gasteiger partial charge in [-0.3, -0.25) is 0 Å². The van der Waals surface area contributed by atoms with Crippen LogP contribution in [0.2, 0.25) is 0 Å². The van der Waals surface area contributed by atoms with E-state index in [0.29, 0.717) is 12.5 Å². The van der Waals surface area contributed by atoms with E-state index in [0.717, 1.165) is 28.0 Å². The second-order valence-electron chi connectivity index (χ2n) is 3.71. The molecule has 0 aliphatic carbocycles. The quantitative estimate of drug-likeness (QED) is 0.906. The molecule has 4 heteroatoms. The predicted octanol–water partition coefficient (Wildman–Crippen LogP) is 2.92. The maximum Gasteiger partial charge on any atom is 0.136 e. The average Bonchev–Trinajstić information content (AvgIpc) is 2.29. The average molecular weight is 288 g/mol. The second-order valence-corrected chi connectivity index (χ2v) is 4.56. The van der Waals surface area contributed by atoms with Crippen molar-refractivity contribution in [1.82, 2.24) is 0 Å². The van der Waals surface area contributed by atoms with Crippen molar-refractivity contribution >= 4 is 15.9 Å². The van der Waals surface area contributed by atoms with Crippen LogP contribution in [0.1, 0.15) is 24.8 Å². The molecule has 16 heavy (non-hydrogen) atoms. The summed E-state index contributed by atoms with van der Waals surface area (Å²) in [6, 6.07) is 3.93. The van der Waals surface area contributed by atoms with Gasteiger partial charge in [0.2, 0.25) is 0 Å². The molecule has 0 aliphatic rings. The van der Waals surface area contributed by atoms with Gasteiger partial charge < -0.3 is 15.2 Å². The summed E-state index contributed by atoms with van der Waals surface area (Å²) in [7, 11) is 3.31. The topological polar surface area (TPSA) is 44.5 Å². The molecular weight excluding hydrogens is 270 g/mol. The summed E-state index contributed by atoms with van der Waals surface area (Å²) in [6.07, 6.45) is 0.940. The molecule has 0 spiro atoms. The Labute approximate surface area is 105 Å². The van der Waals surface area contributed by atoms with Gasteiger partial charge in [-0.05, 0) is 46.4 Å². The summed E-state index contributed by atoms with van der Waals surface area (Å²) in [5.41, 5.74) is 6.73. The molecular formula is C12H18BrNO2. The predicted molar refractivity (Wildman–Crippen MR) is 69.3 cm³/mol. The lowest BCUT2D eigenvalue weighted by Gasteiger charge is -2.17. The van der Waals surface area contributed by atoms with Crippen LogP contribution in [0.4, 0.5) is 0 Å². The molecule has 1 rings (SSSR count). The van der Waals surface area contributed by atoms with Crippen LogP contribution in [0.5, 0.6) is 11.5 Å². The third kappa shape index (κ3) is 2.89. The lowest BCUT2D eigenvalue weighted by molar-refractivity contribution is 0.387. The van der Waals surface area contributed by atoms with Crippen molar-refractivity contribution in [1.29, 1.82) is 0 Å². The molecule has 1 aromatic carbocycles. The molecule has 0 radical (unpaired) electrons. The van der Waals surface area contributed by atoms with Crippen LogP contribution < -0.4 is 15.2 Å². The minimum Gasteiger partial charge on any atom is -0.496 e. The second kappa shape index (κ2) is 6.11. The fourth-order valence-electron chi connectivity index (χ4n) is 1.67. The SMILES string of the molecule is COc1cc(OC)c(C(C)CCN)cc1Br. The monoisotopic (exact) mass is 287 g/mol. The van der Waals surface area contributed by atoms with Crippen LogP contribution in [0, 0.1) is 0 Å². The van der Waals surface area contributed by atoms with Gasteiger partial charge in [0.1, 0.15) is 11.5 Å². The Morgan fingerprint density at radius 1 is 1.25 bits per heavy atom. The van der Waals surface area contributed by atoms with E-state index in [1.807, 2.05) is 12.1 Å². The lowest BCUT2D eigenvalue weighted by Crippen LogP contribution is -2.06. The smallest absolute Gasteiger partial charge is 0.136 e. The number of halogens is 1. The summed E-state index contributed by atoms with van der Waals surface area (Å²) >= 11 is 3.48. The van der Waals surface area contributed by atoms with Crippen LogP contribution in [0.3, 0.4) is 0 Å². The zero-order valence-electron chi connectivity index (χ0n) is 9.92. The third-order valence-electron chi connectivity index (χ3n) is 2.63. The number of nitrogens with two attached hydrogens (primary N) is 1. The zero-order valence-corrected chi connectivity index (χ0v) is 11.5. The van der Waals surface area contributed by atoms with Crippen LogP contribution >= 0.6 is 15.9 Å². The number of rotatable bonds is 5. The molecule has 0 heterocycles. The molecule has 0 saturated carbocycles. The van der Waals surface area contributed by atoms with Gasteiger partial charge in [-0.15, -0.1) is 0 Å². The minimum atomic E-state index is 0.377. The van der Waals surface area contributed by atoms with Crippen molar-refractivity contribution in [3.8, 4) is 11.5 Å². The molecule has 0 fully saturated rings. The van der Waals surface area contributed by atoms with E-state index in [1.165, 1.54) is 0 Å². The summed E-state index contributed by atoms with van der Waals surface area (Å²) in [5.74, 6) is 2.00. The van der Waals surface area contributed by atoms with Gasteiger partial charge in [0.25, 0.3) is 0 Å². The van der Waals surface area contributed by atoms with E-state index in [9.17, 15) is 0 Å². The van der Waals surface area contributed by atoms with Crippen LogP contribution in [0.25, 0.3) is 0 Å². The molecule has 0 saturated heterocycles. The van der Waals surface area contributed by atoms with Crippen molar-refractivity contribution in [2.45, 2.75) is 19.3 Å². The van der Waals surface area contributed by atoms with Crippen molar-refractivity contribution in [3.05, 3.63) is 22.2 Å². The van der Waals surface area contributed by atoms with Gasteiger partial charge in [0, 0.05) is 6.07 Å². The maximum absolute atomic E-state index is 5.58. The summed E-state index contributed by atoms with van der Waals surface area (Å²) in [6.45, 7) is 2.82. The van der Waals surface area contributed by atoms with Crippen LogP contribution in [-0.2, 0) is 0 Å². The molecule has 90 valence electrons. The lowest BCUT2D eigenvalue weighted by atomic mass is 9.97. The highest BCUT2D eigenvalue weighted by Crippen LogP contribution is 2.37. The highest BCUT2D eigenvalue weighted by atomic mass is 79.9. The van der Waals surface area contributed by atoms with E-state index in [4.69, 9.17) is 15.2 Å². The molecule has 1 atom stereocenters. The number of ether oxygens (including phenoxy) is 2. The Bertz CT molecular complexity index is 355. The Morgan fingerprint density at radius 3 is 2.38 bits per heavy atom. The fourth-order valence-corrected chi connectivity index (χ4v) is 2.20. The minimum absolute atomic E-state index is 0.377. The summed E-state index contributed by atoms with van der Waals surface area (Å²) in [4.78, 5) is 0. The largest absolute Gasteiger partial charge is 0.496 e. The Hall–Kier alpha value is -0.740. The maximum atomic E-state index is 5.58. The third-order valence-corrected chi connectivity index (χ3v) is 3.25. The summed E-state index contributed by atoms with van der Waals surface area (Å²) in [5, 5.41) is 0. The van der Waals surface area contributed by atoms with Gasteiger partial charge in [-0.2, -0.15) is 0 Å². The van der Waals surface area contributed by atoms with E-state index >= 15 is 0 Å². The molecule has 2 N–H and O–H groups in total. The Kier molecular flexibility index (Phi) is 5.09. The van der Waals surface area contributed by atoms with Gasteiger partial charge in [-0.25, -0.2) is 0 Å². The normalized spacial score (nSPS) is 12.3. The fraction of sp³-hybridized carbons (Fsp3) is 0.500. The van der Waals surface area contributed by atoms with E-state index in [1.54, 1.807) is 14.2 Å². The van der Waals surface area contributed by atoms with E-state index in [-0.39, 0.29) is 0 Å². The molecule has 0 aliphatic heterocycles. The van der Waals surface area contributed by atoms with E-state index < -0.39 is 0 Å². The van der Waals surface area contributed by atoms with Gasteiger partial charge in [-0.1, -0.05) is 6.92 Å². The molecule has 1 aromatic rings. The molecule has 1 unspecified atom stereocenters. The Morgan fingerprint density at radius 2 is 1.88 bits per heavy atom. The first kappa shape index (κ1) is 13.3. The number of hydrogen-bond donors (Lipinski definition) is 1. The molecule has 0 amide bonds. The van der Waals surface area contributed by atoms with Crippen molar-refractivity contribution in [2.75, 3.05) is 20.8 Å². The van der Waals surface area contributed by atoms with E-state index in [2.05, 4.69) is 22.9 Å². The highest BCUT2D eigenvalue weighted by Gasteiger charge is 2.14. The Balaban J connectivity index is 3.12.